The first-order valence-electron chi connectivity index (χ1n) is 7.11. The van der Waals surface area contributed by atoms with E-state index in [1.165, 1.54) is 45.3 Å². The lowest BCUT2D eigenvalue weighted by Gasteiger charge is -2.14. The first-order chi connectivity index (χ1) is 9.81. The molecule has 1 aromatic heterocycles. The smallest absolute Gasteiger partial charge is 0.115 e. The Morgan fingerprint density at radius 2 is 1.95 bits per heavy atom. The molecule has 0 spiro atoms. The largest absolute Gasteiger partial charge is 0.307 e. The molecule has 106 valence electrons. The van der Waals surface area contributed by atoms with Crippen LogP contribution in [0.3, 0.4) is 0 Å². The molecule has 0 aliphatic heterocycles. The number of aromatic nitrogens is 1. The molecule has 0 saturated heterocycles. The van der Waals surface area contributed by atoms with Gasteiger partial charge >= 0.3 is 0 Å². The second kappa shape index (κ2) is 6.29. The predicted molar refractivity (Wildman–Crippen MR) is 87.9 cm³/mol. The first kappa shape index (κ1) is 14.1. The van der Waals surface area contributed by atoms with E-state index in [2.05, 4.69) is 35.8 Å². The molecule has 0 radical (unpaired) electrons. The van der Waals surface area contributed by atoms with Gasteiger partial charge in [0.15, 0.2) is 0 Å². The monoisotopic (exact) mass is 304 g/mol. The molecular formula is C16H20N2S2. The van der Waals surface area contributed by atoms with Crippen LogP contribution < -0.4 is 5.32 Å². The Hall–Kier alpha value is -0.840. The van der Waals surface area contributed by atoms with Crippen molar-refractivity contribution in [2.45, 2.75) is 36.6 Å². The van der Waals surface area contributed by atoms with Gasteiger partial charge < -0.3 is 5.32 Å². The summed E-state index contributed by atoms with van der Waals surface area (Å²) >= 11 is 3.68. The van der Waals surface area contributed by atoms with E-state index in [0.717, 1.165) is 6.42 Å². The number of fused-ring (bicyclic) bond motifs is 1. The number of benzene rings is 1. The van der Waals surface area contributed by atoms with E-state index >= 15 is 0 Å². The molecule has 1 N–H and O–H groups in total. The molecule has 4 heteroatoms. The lowest BCUT2D eigenvalue weighted by atomic mass is 10.0. The average molecular weight is 304 g/mol. The highest BCUT2D eigenvalue weighted by Crippen LogP contribution is 2.32. The molecule has 0 saturated carbocycles. The molecule has 0 amide bonds. The molecule has 0 fully saturated rings. The fourth-order valence-corrected chi connectivity index (χ4v) is 4.42. The van der Waals surface area contributed by atoms with Crippen molar-refractivity contribution in [2.24, 2.45) is 0 Å². The van der Waals surface area contributed by atoms with Crippen molar-refractivity contribution in [3.05, 3.63) is 45.4 Å². The van der Waals surface area contributed by atoms with E-state index in [1.54, 1.807) is 11.8 Å². The number of rotatable bonds is 4. The van der Waals surface area contributed by atoms with E-state index in [9.17, 15) is 0 Å². The van der Waals surface area contributed by atoms with E-state index in [-0.39, 0.29) is 6.04 Å². The lowest BCUT2D eigenvalue weighted by molar-refractivity contribution is 0.661. The maximum Gasteiger partial charge on any atom is 0.115 e. The van der Waals surface area contributed by atoms with Crippen LogP contribution >= 0.6 is 23.1 Å². The Bertz CT molecular complexity index is 551. The Balaban J connectivity index is 1.90. The minimum atomic E-state index is 0.224. The van der Waals surface area contributed by atoms with Crippen molar-refractivity contribution in [3.63, 3.8) is 0 Å². The number of hydrogen-bond acceptors (Lipinski definition) is 4. The van der Waals surface area contributed by atoms with E-state index in [1.807, 2.05) is 18.4 Å². The highest BCUT2D eigenvalue weighted by atomic mass is 32.2. The van der Waals surface area contributed by atoms with Crippen LogP contribution in [0.15, 0.2) is 29.2 Å². The standard InChI is InChI=1S/C16H20N2S2/c1-17-15(11-7-9-12(19-2)10-8-11)16-18-13-5-3-4-6-14(13)20-16/h7-10,15,17H,3-6H2,1-2H3. The van der Waals surface area contributed by atoms with Crippen LogP contribution in [0.2, 0.25) is 0 Å². The minimum Gasteiger partial charge on any atom is -0.307 e. The van der Waals surface area contributed by atoms with E-state index in [0.29, 0.717) is 0 Å². The molecule has 1 unspecified atom stereocenters. The van der Waals surface area contributed by atoms with Crippen molar-refractivity contribution in [1.29, 1.82) is 0 Å². The van der Waals surface area contributed by atoms with Crippen LogP contribution in [0.25, 0.3) is 0 Å². The lowest BCUT2D eigenvalue weighted by Crippen LogP contribution is -2.17. The Morgan fingerprint density at radius 1 is 1.20 bits per heavy atom. The summed E-state index contributed by atoms with van der Waals surface area (Å²) in [5.41, 5.74) is 2.65. The number of hydrogen-bond donors (Lipinski definition) is 1. The second-order valence-corrected chi connectivity index (χ2v) is 7.12. The maximum atomic E-state index is 4.89. The molecule has 1 aliphatic carbocycles. The van der Waals surface area contributed by atoms with Gasteiger partial charge in [0.1, 0.15) is 5.01 Å². The number of nitrogens with one attached hydrogen (secondary N) is 1. The molecule has 1 heterocycles. The average Bonchev–Trinajstić information content (AvgIpc) is 2.92. The van der Waals surface area contributed by atoms with Crippen molar-refractivity contribution in [1.82, 2.24) is 10.3 Å². The Morgan fingerprint density at radius 3 is 2.60 bits per heavy atom. The van der Waals surface area contributed by atoms with Gasteiger partial charge in [0.25, 0.3) is 0 Å². The molecule has 2 aromatic rings. The molecule has 0 bridgehead atoms. The third-order valence-corrected chi connectivity index (χ3v) is 5.81. The highest BCUT2D eigenvalue weighted by Gasteiger charge is 2.21. The predicted octanol–water partition coefficient (Wildman–Crippen LogP) is 4.05. The van der Waals surface area contributed by atoms with Gasteiger partial charge in [-0.25, -0.2) is 4.98 Å². The molecule has 1 atom stereocenters. The van der Waals surface area contributed by atoms with Gasteiger partial charge in [0.2, 0.25) is 0 Å². The van der Waals surface area contributed by atoms with Crippen LogP contribution in [0.5, 0.6) is 0 Å². The van der Waals surface area contributed by atoms with Gasteiger partial charge in [0.05, 0.1) is 11.7 Å². The van der Waals surface area contributed by atoms with Gasteiger partial charge in [-0.3, -0.25) is 0 Å². The van der Waals surface area contributed by atoms with Crippen LogP contribution in [-0.2, 0) is 12.8 Å². The zero-order valence-corrected chi connectivity index (χ0v) is 13.6. The van der Waals surface area contributed by atoms with Crippen LogP contribution in [0.4, 0.5) is 0 Å². The molecule has 20 heavy (non-hydrogen) atoms. The van der Waals surface area contributed by atoms with Crippen molar-refractivity contribution in [3.8, 4) is 0 Å². The summed E-state index contributed by atoms with van der Waals surface area (Å²) in [6.45, 7) is 0. The third kappa shape index (κ3) is 2.78. The second-order valence-electron chi connectivity index (χ2n) is 5.12. The van der Waals surface area contributed by atoms with Gasteiger partial charge in [-0.2, -0.15) is 0 Å². The summed E-state index contributed by atoms with van der Waals surface area (Å²) < 4.78 is 0. The Labute approximate surface area is 129 Å². The molecular weight excluding hydrogens is 284 g/mol. The third-order valence-electron chi connectivity index (χ3n) is 3.85. The molecule has 1 aliphatic rings. The van der Waals surface area contributed by atoms with Crippen LogP contribution in [-0.4, -0.2) is 18.3 Å². The SMILES string of the molecule is CNC(c1ccc(SC)cc1)c1nc2c(s1)CCCC2. The van der Waals surface area contributed by atoms with E-state index < -0.39 is 0 Å². The zero-order valence-electron chi connectivity index (χ0n) is 12.0. The normalized spacial score (nSPS) is 15.9. The fourth-order valence-electron chi connectivity index (χ4n) is 2.72. The van der Waals surface area contributed by atoms with Crippen LogP contribution in [0, 0.1) is 0 Å². The van der Waals surface area contributed by atoms with Gasteiger partial charge in [0, 0.05) is 9.77 Å². The first-order valence-corrected chi connectivity index (χ1v) is 9.15. The topological polar surface area (TPSA) is 24.9 Å². The Kier molecular flexibility index (Phi) is 4.44. The number of aryl methyl sites for hydroxylation is 2. The van der Waals surface area contributed by atoms with Crippen molar-refractivity contribution in [2.75, 3.05) is 13.3 Å². The fraction of sp³-hybridized carbons (Fsp3) is 0.438. The van der Waals surface area contributed by atoms with Gasteiger partial charge in [-0.15, -0.1) is 23.1 Å². The van der Waals surface area contributed by atoms with Crippen LogP contribution in [0.1, 0.15) is 40.0 Å². The molecule has 2 nitrogen and oxygen atoms in total. The summed E-state index contributed by atoms with van der Waals surface area (Å²) in [5.74, 6) is 0. The van der Waals surface area contributed by atoms with Gasteiger partial charge in [-0.05, 0) is 56.7 Å². The number of thiazole rings is 1. The number of nitrogens with zero attached hydrogens (tertiary/aromatic N) is 1. The maximum absolute atomic E-state index is 4.89. The summed E-state index contributed by atoms with van der Waals surface area (Å²) in [7, 11) is 2.02. The highest BCUT2D eigenvalue weighted by molar-refractivity contribution is 7.98. The summed E-state index contributed by atoms with van der Waals surface area (Å²) in [6, 6.07) is 9.04. The van der Waals surface area contributed by atoms with Crippen molar-refractivity contribution < 1.29 is 0 Å². The number of thioether (sulfide) groups is 1. The molecule has 3 rings (SSSR count). The zero-order chi connectivity index (χ0) is 13.9. The summed E-state index contributed by atoms with van der Waals surface area (Å²) in [5, 5.41) is 4.64. The van der Waals surface area contributed by atoms with E-state index in [4.69, 9.17) is 4.98 Å². The quantitative estimate of drug-likeness (QED) is 0.863. The van der Waals surface area contributed by atoms with Gasteiger partial charge in [-0.1, -0.05) is 12.1 Å². The minimum absolute atomic E-state index is 0.224. The van der Waals surface area contributed by atoms with Crippen molar-refractivity contribution >= 4 is 23.1 Å². The molecule has 1 aromatic carbocycles. The summed E-state index contributed by atoms with van der Waals surface area (Å²) in [4.78, 5) is 7.71. The summed E-state index contributed by atoms with van der Waals surface area (Å²) in [6.07, 6.45) is 7.10.